The maximum Gasteiger partial charge on any atom is 0.239 e. The third-order valence-corrected chi connectivity index (χ3v) is 16.7. The van der Waals surface area contributed by atoms with Crippen molar-refractivity contribution in [2.24, 2.45) is 11.7 Å². The number of aliphatic hydroxyl groups is 1. The average molecular weight is 505 g/mol. The van der Waals surface area contributed by atoms with Crippen LogP contribution in [0.1, 0.15) is 61.8 Å². The molecule has 1 amide bonds. The Balaban J connectivity index is 2.84. The van der Waals surface area contributed by atoms with Gasteiger partial charge in [-0.15, -0.1) is 0 Å². The highest BCUT2D eigenvalue weighted by Gasteiger charge is 2.56. The topological polar surface area (TPSA) is 106 Å². The van der Waals surface area contributed by atoms with Crippen LogP contribution in [-0.2, 0) is 18.4 Å². The molecule has 7 nitrogen and oxygen atoms in total. The Labute approximate surface area is 204 Å². The minimum absolute atomic E-state index is 0.0411. The maximum absolute atomic E-state index is 12.9. The maximum atomic E-state index is 12.9. The molecule has 0 radical (unpaired) electrons. The predicted molar refractivity (Wildman–Crippen MR) is 140 cm³/mol. The summed E-state index contributed by atoms with van der Waals surface area (Å²) in [5.74, 6) is -0.0266. The molecule has 33 heavy (non-hydrogen) atoms. The second-order valence-corrected chi connectivity index (χ2v) is 22.9. The summed E-state index contributed by atoms with van der Waals surface area (Å²) in [7, 11) is -4.00. The van der Waals surface area contributed by atoms with Gasteiger partial charge < -0.3 is 29.7 Å². The Kier molecular flexibility index (Phi) is 10.0. The molecule has 0 spiro atoms. The van der Waals surface area contributed by atoms with E-state index in [-0.39, 0.29) is 28.5 Å². The number of aliphatic hydroxyl groups excluding tert-OH is 1. The first-order valence-electron chi connectivity index (χ1n) is 12.3. The first-order valence-corrected chi connectivity index (χ1v) is 18.1. The average Bonchev–Trinajstić information content (AvgIpc) is 3.42. The van der Waals surface area contributed by atoms with E-state index < -0.39 is 40.4 Å². The summed E-state index contributed by atoms with van der Waals surface area (Å²) in [6.45, 7) is 26.7. The summed E-state index contributed by atoms with van der Waals surface area (Å²) in [6.07, 6.45) is -0.254. The second-order valence-electron chi connectivity index (χ2n) is 13.3. The molecule has 0 aliphatic carbocycles. The number of carbonyl (C=O) groups excluding carboxylic acids is 1. The number of ether oxygens (including phenoxy) is 1. The minimum Gasteiger partial charge on any atom is -0.415 e. The number of hydrogen-bond acceptors (Lipinski definition) is 6. The molecule has 1 aliphatic heterocycles. The van der Waals surface area contributed by atoms with E-state index in [9.17, 15) is 9.90 Å². The summed E-state index contributed by atoms with van der Waals surface area (Å²) in [5, 5.41) is 14.4. The molecule has 4 N–H and O–H groups in total. The molecule has 196 valence electrons. The normalized spacial score (nSPS) is 22.8. The molecule has 3 unspecified atom stereocenters. The van der Waals surface area contributed by atoms with E-state index in [1.807, 2.05) is 0 Å². The highest BCUT2D eigenvalue weighted by Crippen LogP contribution is 2.41. The molecular weight excluding hydrogens is 452 g/mol. The monoisotopic (exact) mass is 504 g/mol. The van der Waals surface area contributed by atoms with Gasteiger partial charge in [-0.05, 0) is 48.6 Å². The van der Waals surface area contributed by atoms with Gasteiger partial charge in [0.2, 0.25) is 5.91 Å². The van der Waals surface area contributed by atoms with Gasteiger partial charge in [-0.2, -0.15) is 0 Å². The van der Waals surface area contributed by atoms with Crippen LogP contribution in [0.25, 0.3) is 0 Å². The summed E-state index contributed by atoms with van der Waals surface area (Å²) >= 11 is 0. The van der Waals surface area contributed by atoms with Gasteiger partial charge in [0.15, 0.2) is 16.6 Å². The van der Waals surface area contributed by atoms with Crippen LogP contribution in [0.3, 0.4) is 0 Å². The van der Waals surface area contributed by atoms with Crippen LogP contribution >= 0.6 is 0 Å². The molecule has 9 heteroatoms. The quantitative estimate of drug-likeness (QED) is 0.274. The van der Waals surface area contributed by atoms with Crippen molar-refractivity contribution in [2.75, 3.05) is 19.8 Å². The lowest BCUT2D eigenvalue weighted by Gasteiger charge is -2.38. The van der Waals surface area contributed by atoms with Crippen molar-refractivity contribution in [1.82, 2.24) is 5.32 Å². The summed E-state index contributed by atoms with van der Waals surface area (Å²) in [4.78, 5) is 12.9. The Bertz CT molecular complexity index is 652. The Morgan fingerprint density at radius 1 is 1.06 bits per heavy atom. The summed E-state index contributed by atoms with van der Waals surface area (Å²) in [6, 6.07) is -1.26. The van der Waals surface area contributed by atoms with Crippen LogP contribution in [0.2, 0.25) is 36.3 Å². The van der Waals surface area contributed by atoms with Gasteiger partial charge in [-0.3, -0.25) is 4.79 Å². The van der Waals surface area contributed by atoms with Gasteiger partial charge in [-0.25, -0.2) is 0 Å². The lowest BCUT2D eigenvalue weighted by Crippen LogP contribution is -2.57. The van der Waals surface area contributed by atoms with Gasteiger partial charge in [0.25, 0.3) is 0 Å². The van der Waals surface area contributed by atoms with Crippen LogP contribution in [0, 0.1) is 5.92 Å². The first kappa shape index (κ1) is 30.7. The Morgan fingerprint density at radius 3 is 1.91 bits per heavy atom. The number of nitrogens with one attached hydrogen (secondary N) is 1. The minimum atomic E-state index is -2.01. The van der Waals surface area contributed by atoms with Gasteiger partial charge in [0.05, 0.1) is 25.9 Å². The van der Waals surface area contributed by atoms with Crippen LogP contribution in [0.15, 0.2) is 0 Å². The van der Waals surface area contributed by atoms with E-state index in [1.54, 1.807) is 0 Å². The van der Waals surface area contributed by atoms with Crippen molar-refractivity contribution >= 4 is 22.5 Å². The molecule has 0 bridgehead atoms. The van der Waals surface area contributed by atoms with Crippen molar-refractivity contribution in [3.8, 4) is 0 Å². The molecule has 0 aromatic heterocycles. The molecular formula is C24H52N2O5Si2. The molecule has 1 heterocycles. The van der Waals surface area contributed by atoms with E-state index in [0.29, 0.717) is 19.6 Å². The van der Waals surface area contributed by atoms with Crippen molar-refractivity contribution < 1.29 is 23.5 Å². The van der Waals surface area contributed by atoms with E-state index in [0.717, 1.165) is 0 Å². The molecule has 1 saturated heterocycles. The number of amides is 1. The molecule has 1 fully saturated rings. The zero-order valence-corrected chi connectivity index (χ0v) is 25.3. The van der Waals surface area contributed by atoms with Crippen LogP contribution in [0.5, 0.6) is 0 Å². The van der Waals surface area contributed by atoms with Gasteiger partial charge in [-0.1, -0.05) is 55.4 Å². The zero-order chi connectivity index (χ0) is 26.0. The van der Waals surface area contributed by atoms with Gasteiger partial charge in [0, 0.05) is 0 Å². The molecule has 4 atom stereocenters. The number of epoxide rings is 1. The molecule has 0 saturated carbocycles. The number of carbonyl (C=O) groups is 1. The second kappa shape index (κ2) is 10.8. The molecule has 0 aromatic rings. The summed E-state index contributed by atoms with van der Waals surface area (Å²) < 4.78 is 18.2. The fourth-order valence-electron chi connectivity index (χ4n) is 2.97. The Morgan fingerprint density at radius 2 is 1.52 bits per heavy atom. The molecule has 1 aliphatic rings. The van der Waals surface area contributed by atoms with Crippen LogP contribution in [-0.4, -0.2) is 71.3 Å². The number of rotatable bonds is 12. The lowest BCUT2D eigenvalue weighted by atomic mass is 9.91. The van der Waals surface area contributed by atoms with Crippen LogP contribution < -0.4 is 11.1 Å². The molecule has 0 aromatic carbocycles. The van der Waals surface area contributed by atoms with E-state index >= 15 is 0 Å². The van der Waals surface area contributed by atoms with Crippen molar-refractivity contribution in [1.29, 1.82) is 0 Å². The smallest absolute Gasteiger partial charge is 0.239 e. The Hall–Kier alpha value is -0.296. The summed E-state index contributed by atoms with van der Waals surface area (Å²) in [5.41, 5.74) is 5.41. The lowest BCUT2D eigenvalue weighted by molar-refractivity contribution is -0.125. The SMILES string of the molecule is CC(C)CC(NC(=O)[C@@H](N)CO[Si](C)(C)C(C)(C)C)C(O)C1(CO[Si](C)(C)C(C)(C)C)CO1. The third-order valence-electron chi connectivity index (χ3n) is 7.74. The fourth-order valence-corrected chi connectivity index (χ4v) is 5.04. The third kappa shape index (κ3) is 8.40. The van der Waals surface area contributed by atoms with Gasteiger partial charge in [0.1, 0.15) is 17.7 Å². The molecule has 1 rings (SSSR count). The highest BCUT2D eigenvalue weighted by molar-refractivity contribution is 6.74. The zero-order valence-electron chi connectivity index (χ0n) is 23.3. The van der Waals surface area contributed by atoms with Crippen LogP contribution in [0.4, 0.5) is 0 Å². The van der Waals surface area contributed by atoms with E-state index in [4.69, 9.17) is 19.3 Å². The van der Waals surface area contributed by atoms with Gasteiger partial charge >= 0.3 is 0 Å². The highest BCUT2D eigenvalue weighted by atomic mass is 28.4. The van der Waals surface area contributed by atoms with Crippen molar-refractivity contribution in [3.63, 3.8) is 0 Å². The van der Waals surface area contributed by atoms with E-state index in [2.05, 4.69) is 86.9 Å². The fraction of sp³-hybridized carbons (Fsp3) is 0.958. The number of nitrogens with two attached hydrogens (primary N) is 1. The van der Waals surface area contributed by atoms with E-state index in [1.165, 1.54) is 0 Å². The van der Waals surface area contributed by atoms with Crippen molar-refractivity contribution in [2.45, 2.75) is 122 Å². The van der Waals surface area contributed by atoms with Crippen molar-refractivity contribution in [3.05, 3.63) is 0 Å². The predicted octanol–water partition coefficient (Wildman–Crippen LogP) is 4.02. The largest absolute Gasteiger partial charge is 0.415 e. The first-order chi connectivity index (χ1) is 14.7. The standard InChI is InChI=1S/C24H52N2O5Si2/c1-17(2)13-19(26-21(28)18(25)14-30-32(9,10)22(3,4)5)20(27)24(15-29-24)16-31-33(11,12)23(6,7)8/h17-20,27H,13-16,25H2,1-12H3,(H,26,28)/t18-,19?,20?,24?/m0/s1. The number of hydrogen-bond donors (Lipinski definition) is 3.